The molecule has 0 unspecified atom stereocenters. The van der Waals surface area contributed by atoms with Gasteiger partial charge in [0.05, 0.1) is 0 Å². The number of likely N-dealkylation sites (N-methyl/N-ethyl adjacent to an activating group) is 1. The maximum absolute atomic E-state index is 3.78. The zero-order chi connectivity index (χ0) is 10.7. The minimum atomic E-state index is 0.903. The highest BCUT2D eigenvalue weighted by atomic mass is 15.1. The minimum absolute atomic E-state index is 0.903. The zero-order valence-corrected chi connectivity index (χ0v) is 9.24. The van der Waals surface area contributed by atoms with Gasteiger partial charge in [0, 0.05) is 19.3 Å². The summed E-state index contributed by atoms with van der Waals surface area (Å²) in [4.78, 5) is 2.25. The zero-order valence-electron chi connectivity index (χ0n) is 9.24. The molecule has 1 aromatic rings. The quantitative estimate of drug-likeness (QED) is 0.676. The molecule has 0 fully saturated rings. The van der Waals surface area contributed by atoms with Gasteiger partial charge in [0.25, 0.3) is 0 Å². The van der Waals surface area contributed by atoms with Crippen molar-refractivity contribution in [2.75, 3.05) is 18.5 Å². The fourth-order valence-corrected chi connectivity index (χ4v) is 2.11. The largest absolute Gasteiger partial charge is 0.371 e. The SMILES string of the molecule is C=CCN(C)c1cccc2c1CC=CC2. The van der Waals surface area contributed by atoms with Crippen LogP contribution in [0.3, 0.4) is 0 Å². The monoisotopic (exact) mass is 199 g/mol. The van der Waals surface area contributed by atoms with E-state index in [2.05, 4.69) is 48.9 Å². The summed E-state index contributed by atoms with van der Waals surface area (Å²) in [7, 11) is 2.12. The molecule has 78 valence electrons. The van der Waals surface area contributed by atoms with Gasteiger partial charge in [0.2, 0.25) is 0 Å². The first-order valence-corrected chi connectivity index (χ1v) is 5.40. The summed E-state index contributed by atoms with van der Waals surface area (Å²) in [6.45, 7) is 4.69. The second kappa shape index (κ2) is 4.35. The Balaban J connectivity index is 2.36. The highest BCUT2D eigenvalue weighted by Crippen LogP contribution is 2.27. The number of hydrogen-bond acceptors (Lipinski definition) is 1. The van der Waals surface area contributed by atoms with Crippen LogP contribution in [0.4, 0.5) is 5.69 Å². The normalized spacial score (nSPS) is 13.4. The van der Waals surface area contributed by atoms with Crippen molar-refractivity contribution in [3.05, 3.63) is 54.1 Å². The molecule has 1 aliphatic carbocycles. The lowest BCUT2D eigenvalue weighted by Gasteiger charge is -2.23. The Morgan fingerprint density at radius 1 is 1.33 bits per heavy atom. The fourth-order valence-electron chi connectivity index (χ4n) is 2.11. The van der Waals surface area contributed by atoms with Crippen LogP contribution in [0.2, 0.25) is 0 Å². The third kappa shape index (κ3) is 1.96. The van der Waals surface area contributed by atoms with E-state index in [9.17, 15) is 0 Å². The van der Waals surface area contributed by atoms with E-state index in [-0.39, 0.29) is 0 Å². The minimum Gasteiger partial charge on any atom is -0.371 e. The van der Waals surface area contributed by atoms with E-state index in [1.165, 1.54) is 16.8 Å². The summed E-state index contributed by atoms with van der Waals surface area (Å²) >= 11 is 0. The van der Waals surface area contributed by atoms with Crippen LogP contribution in [-0.2, 0) is 12.8 Å². The van der Waals surface area contributed by atoms with Gasteiger partial charge in [-0.2, -0.15) is 0 Å². The molecule has 15 heavy (non-hydrogen) atoms. The Bertz CT molecular complexity index is 390. The molecule has 0 aliphatic heterocycles. The van der Waals surface area contributed by atoms with Crippen LogP contribution in [0.25, 0.3) is 0 Å². The molecule has 0 spiro atoms. The van der Waals surface area contributed by atoms with Gasteiger partial charge in [0.15, 0.2) is 0 Å². The van der Waals surface area contributed by atoms with E-state index >= 15 is 0 Å². The summed E-state index contributed by atoms with van der Waals surface area (Å²) in [5.74, 6) is 0. The van der Waals surface area contributed by atoms with Crippen LogP contribution in [0.5, 0.6) is 0 Å². The number of hydrogen-bond donors (Lipinski definition) is 0. The molecule has 0 aromatic heterocycles. The molecule has 0 radical (unpaired) electrons. The second-order valence-electron chi connectivity index (χ2n) is 3.96. The van der Waals surface area contributed by atoms with Crippen LogP contribution < -0.4 is 4.90 Å². The number of anilines is 1. The van der Waals surface area contributed by atoms with Gasteiger partial charge in [-0.25, -0.2) is 0 Å². The van der Waals surface area contributed by atoms with Crippen LogP contribution in [0.15, 0.2) is 43.0 Å². The molecule has 0 heterocycles. The second-order valence-corrected chi connectivity index (χ2v) is 3.96. The molecule has 0 saturated carbocycles. The Labute approximate surface area is 91.7 Å². The van der Waals surface area contributed by atoms with Crippen molar-refractivity contribution < 1.29 is 0 Å². The van der Waals surface area contributed by atoms with Crippen LogP contribution in [-0.4, -0.2) is 13.6 Å². The molecule has 0 atom stereocenters. The summed E-state index contributed by atoms with van der Waals surface area (Å²) in [5, 5.41) is 0. The lowest BCUT2D eigenvalue weighted by molar-refractivity contribution is 0.989. The van der Waals surface area contributed by atoms with E-state index in [1.54, 1.807) is 0 Å². The average molecular weight is 199 g/mol. The topological polar surface area (TPSA) is 3.24 Å². The molecule has 1 nitrogen and oxygen atoms in total. The summed E-state index contributed by atoms with van der Waals surface area (Å²) in [6, 6.07) is 6.57. The first-order chi connectivity index (χ1) is 7.33. The van der Waals surface area contributed by atoms with Gasteiger partial charge in [-0.3, -0.25) is 0 Å². The summed E-state index contributed by atoms with van der Waals surface area (Å²) < 4.78 is 0. The van der Waals surface area contributed by atoms with Crippen molar-refractivity contribution in [3.8, 4) is 0 Å². The molecule has 2 rings (SSSR count). The Hall–Kier alpha value is -1.50. The lowest BCUT2D eigenvalue weighted by Crippen LogP contribution is -2.19. The first kappa shape index (κ1) is 10.0. The summed E-state index contributed by atoms with van der Waals surface area (Å²) in [6.07, 6.45) is 8.59. The maximum Gasteiger partial charge on any atom is 0.0405 e. The van der Waals surface area contributed by atoms with Gasteiger partial charge >= 0.3 is 0 Å². The molecular weight excluding hydrogens is 182 g/mol. The molecule has 0 amide bonds. The predicted molar refractivity (Wildman–Crippen MR) is 66.5 cm³/mol. The number of rotatable bonds is 3. The number of nitrogens with zero attached hydrogens (tertiary/aromatic N) is 1. The molecule has 0 bridgehead atoms. The third-order valence-electron chi connectivity index (χ3n) is 2.89. The van der Waals surface area contributed by atoms with Crippen molar-refractivity contribution in [1.29, 1.82) is 0 Å². The van der Waals surface area contributed by atoms with E-state index in [0.29, 0.717) is 0 Å². The fraction of sp³-hybridized carbons (Fsp3) is 0.286. The molecular formula is C14H17N. The van der Waals surface area contributed by atoms with Crippen molar-refractivity contribution in [1.82, 2.24) is 0 Å². The van der Waals surface area contributed by atoms with Crippen molar-refractivity contribution in [2.45, 2.75) is 12.8 Å². The van der Waals surface area contributed by atoms with Gasteiger partial charge in [-0.05, 0) is 30.0 Å². The lowest BCUT2D eigenvalue weighted by atomic mass is 9.95. The Kier molecular flexibility index (Phi) is 2.91. The van der Waals surface area contributed by atoms with Crippen molar-refractivity contribution >= 4 is 5.69 Å². The van der Waals surface area contributed by atoms with Crippen LogP contribution in [0.1, 0.15) is 11.1 Å². The number of allylic oxidation sites excluding steroid dienone is 2. The predicted octanol–water partition coefficient (Wildman–Crippen LogP) is 2.96. The van der Waals surface area contributed by atoms with Gasteiger partial charge < -0.3 is 4.90 Å². The van der Waals surface area contributed by atoms with E-state index in [1.807, 2.05) is 6.08 Å². The average Bonchev–Trinajstić information content (AvgIpc) is 2.28. The van der Waals surface area contributed by atoms with Crippen molar-refractivity contribution in [3.63, 3.8) is 0 Å². The van der Waals surface area contributed by atoms with Gasteiger partial charge in [-0.15, -0.1) is 6.58 Å². The number of fused-ring (bicyclic) bond motifs is 1. The van der Waals surface area contributed by atoms with Crippen LogP contribution >= 0.6 is 0 Å². The molecule has 1 aliphatic rings. The van der Waals surface area contributed by atoms with Crippen molar-refractivity contribution in [2.24, 2.45) is 0 Å². The maximum atomic E-state index is 3.78. The molecule has 0 saturated heterocycles. The highest BCUT2D eigenvalue weighted by Gasteiger charge is 2.11. The molecule has 0 N–H and O–H groups in total. The van der Waals surface area contributed by atoms with E-state index in [0.717, 1.165) is 19.4 Å². The standard InChI is InChI=1S/C14H17N/c1-3-11-15(2)14-10-6-8-12-7-4-5-9-13(12)14/h3-6,8,10H,1,7,9,11H2,2H3. The summed E-state index contributed by atoms with van der Waals surface area (Å²) in [5.41, 5.74) is 4.28. The van der Waals surface area contributed by atoms with Gasteiger partial charge in [-0.1, -0.05) is 30.4 Å². The van der Waals surface area contributed by atoms with E-state index < -0.39 is 0 Å². The molecule has 1 aromatic carbocycles. The third-order valence-corrected chi connectivity index (χ3v) is 2.89. The van der Waals surface area contributed by atoms with Crippen LogP contribution in [0, 0.1) is 0 Å². The number of benzene rings is 1. The Morgan fingerprint density at radius 2 is 2.13 bits per heavy atom. The van der Waals surface area contributed by atoms with Gasteiger partial charge in [0.1, 0.15) is 0 Å². The smallest absolute Gasteiger partial charge is 0.0405 e. The van der Waals surface area contributed by atoms with E-state index in [4.69, 9.17) is 0 Å². The highest BCUT2D eigenvalue weighted by molar-refractivity contribution is 5.58. The Morgan fingerprint density at radius 3 is 2.93 bits per heavy atom. The first-order valence-electron chi connectivity index (χ1n) is 5.40. The molecule has 1 heteroatoms.